The lowest BCUT2D eigenvalue weighted by molar-refractivity contribution is -0.192. The summed E-state index contributed by atoms with van der Waals surface area (Å²) >= 11 is 0. The summed E-state index contributed by atoms with van der Waals surface area (Å²) in [6.45, 7) is -2.34. The second kappa shape index (κ2) is 19.2. The third-order valence-electron chi connectivity index (χ3n) is 9.25. The smallest absolute Gasteiger partial charge is 0.480 e. The molecule has 342 valence electrons. The maximum atomic E-state index is 13.6. The molecule has 0 radical (unpaired) electrons. The zero-order chi connectivity index (χ0) is 47.3. The maximum Gasteiger partial charge on any atom is 0.490 e. The van der Waals surface area contributed by atoms with E-state index in [1.54, 1.807) is 12.1 Å². The first-order valence-electron chi connectivity index (χ1n) is 17.9. The van der Waals surface area contributed by atoms with Crippen LogP contribution in [0.3, 0.4) is 0 Å². The number of nitrogens with zero attached hydrogens (tertiary/aromatic N) is 1. The van der Waals surface area contributed by atoms with Gasteiger partial charge in [0, 0.05) is 19.0 Å². The number of carbonyl (C=O) groups is 3. The van der Waals surface area contributed by atoms with E-state index in [-0.39, 0.29) is 31.1 Å². The average molecular weight is 921 g/mol. The van der Waals surface area contributed by atoms with E-state index < -0.39 is 114 Å². The van der Waals surface area contributed by atoms with Gasteiger partial charge in [-0.05, 0) is 89.2 Å². The monoisotopic (exact) mass is 920 g/mol. The molecule has 1 aliphatic carbocycles. The van der Waals surface area contributed by atoms with Gasteiger partial charge in [0.2, 0.25) is 0 Å². The molecule has 4 aromatic carbocycles. The van der Waals surface area contributed by atoms with E-state index >= 15 is 0 Å². The molecule has 5 rings (SSSR count). The number of alkyl halides is 15. The first-order valence-corrected chi connectivity index (χ1v) is 17.9. The number of carbonyl (C=O) groups excluding carboxylic acids is 1. The molecule has 1 aliphatic rings. The summed E-state index contributed by atoms with van der Waals surface area (Å²) in [5.74, 6) is -4.70. The predicted molar refractivity (Wildman–Crippen MR) is 190 cm³/mol. The first kappa shape index (κ1) is 49.7. The minimum atomic E-state index is -5.26. The summed E-state index contributed by atoms with van der Waals surface area (Å²) in [6, 6.07) is 14.2. The summed E-state index contributed by atoms with van der Waals surface area (Å²) < 4.78 is 200. The maximum absolute atomic E-state index is 13.6. The van der Waals surface area contributed by atoms with Crippen molar-refractivity contribution in [2.45, 2.75) is 68.8 Å². The number of nitrogens with one attached hydrogen (secondary N) is 1. The van der Waals surface area contributed by atoms with E-state index in [4.69, 9.17) is 14.6 Å². The summed E-state index contributed by atoms with van der Waals surface area (Å²) in [7, 11) is 0. The number of alkyl carbamates (subject to hydrolysis) is 1. The van der Waals surface area contributed by atoms with Crippen LogP contribution in [0.2, 0.25) is 0 Å². The molecule has 1 amide bonds. The highest BCUT2D eigenvalue weighted by Gasteiger charge is 2.40. The lowest BCUT2D eigenvalue weighted by Crippen LogP contribution is -2.42. The van der Waals surface area contributed by atoms with Gasteiger partial charge in [0.1, 0.15) is 12.6 Å². The SMILES string of the molecule is O=C(N[C@@H](CCCN(Cc1cc(C(F)(F)F)cc(C(F)(F)F)c1)Cc1cc(C(F)(F)F)cc(C(F)(F)F)c1)C(=O)O)OCC1c2ccccc2-c2ccccc21.O=C(O)C(F)(F)F. The normalized spacial score (nSPS) is 13.7. The lowest BCUT2D eigenvalue weighted by Gasteiger charge is -2.25. The Morgan fingerprint density at radius 2 is 0.968 bits per heavy atom. The number of fused-ring (bicyclic) bond motifs is 3. The summed E-state index contributed by atoms with van der Waals surface area (Å²) in [5, 5.41) is 19.1. The van der Waals surface area contributed by atoms with Crippen molar-refractivity contribution in [2.24, 2.45) is 0 Å². The van der Waals surface area contributed by atoms with Gasteiger partial charge in [-0.3, -0.25) is 4.90 Å². The van der Waals surface area contributed by atoms with Crippen LogP contribution in [-0.4, -0.2) is 58.5 Å². The van der Waals surface area contributed by atoms with Crippen LogP contribution in [0.1, 0.15) is 63.3 Å². The second-order valence-electron chi connectivity index (χ2n) is 13.8. The first-order chi connectivity index (χ1) is 28.9. The molecule has 0 spiro atoms. The number of carboxylic acid groups (broad SMARTS) is 2. The van der Waals surface area contributed by atoms with Crippen molar-refractivity contribution in [3.8, 4) is 11.1 Å². The Morgan fingerprint density at radius 3 is 1.30 bits per heavy atom. The molecule has 63 heavy (non-hydrogen) atoms. The topological polar surface area (TPSA) is 116 Å². The highest BCUT2D eigenvalue weighted by atomic mass is 19.4. The standard InChI is InChI=1S/C38H30F12N2O4.C2HF3O2/c39-35(40,41)23-12-21(13-24(16-23)36(42,43)44)18-52(19-22-14-25(37(45,46)47)17-26(15-22)38(48,49)50)11-5-10-32(33(53)54)51-34(55)56-20-31-29-8-3-1-6-27(29)28-7-2-4-9-30(28)31;3-2(4,5)1(6)7/h1-4,6-9,12-17,31-32H,5,10-11,18-20H2,(H,51,55)(H,53,54);(H,6,7)/t32-;/m0./s1. The summed E-state index contributed by atoms with van der Waals surface area (Å²) in [5.41, 5.74) is -4.54. The third-order valence-corrected chi connectivity index (χ3v) is 9.25. The molecule has 0 saturated heterocycles. The minimum absolute atomic E-state index is 0.150. The fourth-order valence-electron chi connectivity index (χ4n) is 6.51. The fraction of sp³-hybridized carbons (Fsp3) is 0.325. The largest absolute Gasteiger partial charge is 0.490 e. The van der Waals surface area contributed by atoms with Gasteiger partial charge in [0.25, 0.3) is 0 Å². The van der Waals surface area contributed by atoms with Crippen molar-refractivity contribution >= 4 is 18.0 Å². The minimum Gasteiger partial charge on any atom is -0.480 e. The number of carboxylic acids is 2. The van der Waals surface area contributed by atoms with Crippen molar-refractivity contribution in [3.05, 3.63) is 129 Å². The fourth-order valence-corrected chi connectivity index (χ4v) is 6.51. The molecule has 0 heterocycles. The van der Waals surface area contributed by atoms with Gasteiger partial charge in [-0.2, -0.15) is 65.9 Å². The second-order valence-corrected chi connectivity index (χ2v) is 13.8. The van der Waals surface area contributed by atoms with Crippen molar-refractivity contribution in [3.63, 3.8) is 0 Å². The van der Waals surface area contributed by atoms with Crippen LogP contribution in [0.15, 0.2) is 84.9 Å². The van der Waals surface area contributed by atoms with Gasteiger partial charge in [-0.15, -0.1) is 0 Å². The van der Waals surface area contributed by atoms with Crippen LogP contribution in [0.4, 0.5) is 70.7 Å². The molecule has 1 atom stereocenters. The number of hydrogen-bond acceptors (Lipinski definition) is 5. The van der Waals surface area contributed by atoms with Gasteiger partial charge in [0.05, 0.1) is 22.3 Å². The Morgan fingerprint density at radius 1 is 0.603 bits per heavy atom. The lowest BCUT2D eigenvalue weighted by atomic mass is 9.98. The molecule has 23 heteroatoms. The average Bonchev–Trinajstić information content (AvgIpc) is 3.48. The Hall–Kier alpha value is -6.00. The zero-order valence-electron chi connectivity index (χ0n) is 31.6. The van der Waals surface area contributed by atoms with E-state index in [0.29, 0.717) is 24.3 Å². The Balaban J connectivity index is 0.00000115. The molecular formula is C40H31F15N2O6. The van der Waals surface area contributed by atoms with Crippen LogP contribution in [-0.2, 0) is 52.1 Å². The van der Waals surface area contributed by atoms with E-state index in [9.17, 15) is 80.6 Å². The van der Waals surface area contributed by atoms with Crippen LogP contribution in [0, 0.1) is 0 Å². The molecule has 3 N–H and O–H groups in total. The van der Waals surface area contributed by atoms with Crippen LogP contribution in [0.5, 0.6) is 0 Å². The van der Waals surface area contributed by atoms with E-state index in [2.05, 4.69) is 5.32 Å². The molecule has 8 nitrogen and oxygen atoms in total. The number of hydrogen-bond donors (Lipinski definition) is 3. The van der Waals surface area contributed by atoms with Crippen LogP contribution < -0.4 is 5.32 Å². The van der Waals surface area contributed by atoms with Crippen molar-refractivity contribution in [1.82, 2.24) is 10.2 Å². The summed E-state index contributed by atoms with van der Waals surface area (Å²) in [4.78, 5) is 34.8. The summed E-state index contributed by atoms with van der Waals surface area (Å²) in [6.07, 6.45) is -28.0. The Bertz CT molecular complexity index is 2080. The molecule has 0 aliphatic heterocycles. The molecule has 0 bridgehead atoms. The number of rotatable bonds is 12. The van der Waals surface area contributed by atoms with Gasteiger partial charge in [-0.1, -0.05) is 48.5 Å². The molecule has 0 fully saturated rings. The molecule has 0 unspecified atom stereocenters. The van der Waals surface area contributed by atoms with Crippen LogP contribution in [0.25, 0.3) is 11.1 Å². The van der Waals surface area contributed by atoms with E-state index in [1.807, 2.05) is 36.4 Å². The van der Waals surface area contributed by atoms with Crippen LogP contribution >= 0.6 is 0 Å². The Kier molecular flexibility index (Phi) is 15.1. The number of aliphatic carboxylic acids is 2. The van der Waals surface area contributed by atoms with Gasteiger partial charge in [0.15, 0.2) is 0 Å². The van der Waals surface area contributed by atoms with Crippen molar-refractivity contribution < 1.29 is 95.2 Å². The number of amides is 1. The Labute approximate surface area is 345 Å². The molecule has 0 saturated carbocycles. The molecule has 4 aromatic rings. The highest BCUT2D eigenvalue weighted by Crippen LogP contribution is 2.45. The van der Waals surface area contributed by atoms with Gasteiger partial charge < -0.3 is 20.3 Å². The van der Waals surface area contributed by atoms with Gasteiger partial charge >= 0.3 is 48.9 Å². The van der Waals surface area contributed by atoms with E-state index in [0.717, 1.165) is 27.2 Å². The predicted octanol–water partition coefficient (Wildman–Crippen LogP) is 11.2. The van der Waals surface area contributed by atoms with Crippen molar-refractivity contribution in [2.75, 3.05) is 13.2 Å². The molecular weight excluding hydrogens is 889 g/mol. The third kappa shape index (κ3) is 13.7. The molecule has 0 aromatic heterocycles. The van der Waals surface area contributed by atoms with Crippen molar-refractivity contribution in [1.29, 1.82) is 0 Å². The zero-order valence-corrected chi connectivity index (χ0v) is 31.6. The number of ether oxygens (including phenoxy) is 1. The quantitative estimate of drug-likeness (QED) is 0.121. The highest BCUT2D eigenvalue weighted by molar-refractivity contribution is 5.81. The van der Waals surface area contributed by atoms with Gasteiger partial charge in [-0.25, -0.2) is 14.4 Å². The van der Waals surface area contributed by atoms with E-state index in [1.165, 1.54) is 0 Å². The number of halogens is 15. The number of benzene rings is 4.